The predicted octanol–water partition coefficient (Wildman–Crippen LogP) is 1.95. The van der Waals surface area contributed by atoms with E-state index >= 15 is 0 Å². The largest absolute Gasteiger partial charge is 0.504 e. The van der Waals surface area contributed by atoms with Crippen molar-refractivity contribution in [3.8, 4) is 11.5 Å². The zero-order valence-electron chi connectivity index (χ0n) is 13.8. The fourth-order valence-electron chi connectivity index (χ4n) is 2.32. The lowest BCUT2D eigenvalue weighted by atomic mass is 10.2. The summed E-state index contributed by atoms with van der Waals surface area (Å²) in [4.78, 5) is 12.2. The number of nitrogens with zero attached hydrogens (tertiary/aromatic N) is 4. The van der Waals surface area contributed by atoms with Crippen molar-refractivity contribution in [3.63, 3.8) is 0 Å². The van der Waals surface area contributed by atoms with Crippen molar-refractivity contribution in [2.45, 2.75) is 13.5 Å². The van der Waals surface area contributed by atoms with E-state index in [0.29, 0.717) is 17.8 Å². The van der Waals surface area contributed by atoms with E-state index in [2.05, 4.69) is 20.8 Å². The maximum absolute atomic E-state index is 12.2. The van der Waals surface area contributed by atoms with Gasteiger partial charge in [-0.25, -0.2) is 10.1 Å². The number of aromatic nitrogens is 3. The van der Waals surface area contributed by atoms with E-state index in [1.54, 1.807) is 11.6 Å². The summed E-state index contributed by atoms with van der Waals surface area (Å²) in [5.41, 5.74) is 5.17. The minimum absolute atomic E-state index is 0.0307. The van der Waals surface area contributed by atoms with Gasteiger partial charge in [-0.3, -0.25) is 4.79 Å². The quantitative estimate of drug-likeness (QED) is 0.546. The molecule has 0 fully saturated rings. The zero-order valence-corrected chi connectivity index (χ0v) is 13.8. The molecule has 128 valence electrons. The number of hydrogen-bond donors (Lipinski definition) is 2. The van der Waals surface area contributed by atoms with Crippen LogP contribution in [0, 0.1) is 0 Å². The van der Waals surface area contributed by atoms with Crippen molar-refractivity contribution < 1.29 is 14.6 Å². The number of methoxy groups -OCH3 is 1. The number of amides is 1. The monoisotopic (exact) mass is 339 g/mol. The summed E-state index contributed by atoms with van der Waals surface area (Å²) in [6.45, 7) is 2.19. The molecule has 0 aliphatic carbocycles. The Hall–Kier alpha value is -3.42. The van der Waals surface area contributed by atoms with Gasteiger partial charge in [-0.05, 0) is 37.3 Å². The summed E-state index contributed by atoms with van der Waals surface area (Å²) >= 11 is 0. The fraction of sp³-hybridized carbons (Fsp3) is 0.176. The van der Waals surface area contributed by atoms with Crippen molar-refractivity contribution >= 4 is 22.7 Å². The van der Waals surface area contributed by atoms with Gasteiger partial charge in [-0.2, -0.15) is 5.10 Å². The van der Waals surface area contributed by atoms with Gasteiger partial charge in [0, 0.05) is 5.56 Å². The third kappa shape index (κ3) is 3.57. The summed E-state index contributed by atoms with van der Waals surface area (Å²) in [7, 11) is 1.42. The third-order valence-corrected chi connectivity index (χ3v) is 3.59. The summed E-state index contributed by atoms with van der Waals surface area (Å²) in [5, 5.41) is 21.8. The number of hydrazone groups is 1. The normalized spacial score (nSPS) is 11.5. The van der Waals surface area contributed by atoms with E-state index in [1.165, 1.54) is 25.3 Å². The average Bonchev–Trinajstić information content (AvgIpc) is 3.03. The van der Waals surface area contributed by atoms with E-state index in [9.17, 15) is 9.90 Å². The second-order valence-corrected chi connectivity index (χ2v) is 5.41. The SMILES string of the molecule is COc1cc(C(=O)N/N=C(\C)Cn2nnc3ccccc32)ccc1O. The van der Waals surface area contributed by atoms with E-state index in [-0.39, 0.29) is 11.5 Å². The first-order valence-corrected chi connectivity index (χ1v) is 7.57. The lowest BCUT2D eigenvalue weighted by Gasteiger charge is -2.06. The minimum Gasteiger partial charge on any atom is -0.504 e. The van der Waals surface area contributed by atoms with Crippen LogP contribution in [0.1, 0.15) is 17.3 Å². The molecule has 2 aromatic carbocycles. The van der Waals surface area contributed by atoms with Gasteiger partial charge in [0.05, 0.1) is 24.9 Å². The van der Waals surface area contributed by atoms with Gasteiger partial charge in [0.1, 0.15) is 5.52 Å². The Morgan fingerprint density at radius 2 is 2.12 bits per heavy atom. The number of aromatic hydroxyl groups is 1. The second kappa shape index (κ2) is 7.00. The van der Waals surface area contributed by atoms with E-state index in [4.69, 9.17) is 4.74 Å². The Bertz CT molecular complexity index is 948. The van der Waals surface area contributed by atoms with Crippen LogP contribution in [0.3, 0.4) is 0 Å². The number of phenols is 1. The number of hydrogen-bond acceptors (Lipinski definition) is 6. The first kappa shape index (κ1) is 16.4. The van der Waals surface area contributed by atoms with Crippen LogP contribution in [0.25, 0.3) is 11.0 Å². The second-order valence-electron chi connectivity index (χ2n) is 5.41. The Labute approximate surface area is 143 Å². The summed E-state index contributed by atoms with van der Waals surface area (Å²) < 4.78 is 6.70. The molecule has 25 heavy (non-hydrogen) atoms. The highest BCUT2D eigenvalue weighted by atomic mass is 16.5. The number of rotatable bonds is 5. The van der Waals surface area contributed by atoms with E-state index < -0.39 is 5.91 Å². The lowest BCUT2D eigenvalue weighted by Crippen LogP contribution is -2.20. The minimum atomic E-state index is -0.402. The molecular weight excluding hydrogens is 322 g/mol. The van der Waals surface area contributed by atoms with Crippen LogP contribution >= 0.6 is 0 Å². The molecule has 1 aromatic heterocycles. The molecule has 1 heterocycles. The highest BCUT2D eigenvalue weighted by Gasteiger charge is 2.10. The zero-order chi connectivity index (χ0) is 17.8. The molecule has 0 unspecified atom stereocenters. The topological polar surface area (TPSA) is 102 Å². The summed E-state index contributed by atoms with van der Waals surface area (Å²) in [6, 6.07) is 11.9. The van der Waals surface area contributed by atoms with Gasteiger partial charge >= 0.3 is 0 Å². The number of carbonyl (C=O) groups excluding carboxylic acids is 1. The lowest BCUT2D eigenvalue weighted by molar-refractivity contribution is 0.0954. The van der Waals surface area contributed by atoms with Crippen LogP contribution in [0.5, 0.6) is 11.5 Å². The number of ether oxygens (including phenoxy) is 1. The van der Waals surface area contributed by atoms with Gasteiger partial charge in [-0.15, -0.1) is 5.10 Å². The number of nitrogens with one attached hydrogen (secondary N) is 1. The number of fused-ring (bicyclic) bond motifs is 1. The van der Waals surface area contributed by atoms with Gasteiger partial charge in [-0.1, -0.05) is 17.3 Å². The van der Waals surface area contributed by atoms with Gasteiger partial charge < -0.3 is 9.84 Å². The van der Waals surface area contributed by atoms with Crippen LogP contribution < -0.4 is 10.2 Å². The predicted molar refractivity (Wildman–Crippen MR) is 92.8 cm³/mol. The standard InChI is InChI=1S/C17H17N5O3/c1-11(10-22-14-6-4-3-5-13(14)19-21-22)18-20-17(24)12-7-8-15(23)16(9-12)25-2/h3-9,23H,10H2,1-2H3,(H,20,24)/b18-11+. The molecule has 1 amide bonds. The van der Waals surface area contributed by atoms with Crippen LogP contribution in [0.2, 0.25) is 0 Å². The van der Waals surface area contributed by atoms with Crippen LogP contribution in [0.4, 0.5) is 0 Å². The molecule has 8 heteroatoms. The smallest absolute Gasteiger partial charge is 0.271 e. The Morgan fingerprint density at radius 3 is 2.92 bits per heavy atom. The first-order chi connectivity index (χ1) is 12.1. The molecule has 0 spiro atoms. The number of carbonyl (C=O) groups is 1. The molecule has 2 N–H and O–H groups in total. The molecule has 0 bridgehead atoms. The van der Waals surface area contributed by atoms with Crippen LogP contribution in [0.15, 0.2) is 47.6 Å². The van der Waals surface area contributed by atoms with Crippen molar-refractivity contribution in [2.75, 3.05) is 7.11 Å². The summed E-state index contributed by atoms with van der Waals surface area (Å²) in [5.74, 6) is -0.208. The molecule has 0 aliphatic heterocycles. The summed E-state index contributed by atoms with van der Waals surface area (Å²) in [6.07, 6.45) is 0. The Balaban J connectivity index is 1.69. The van der Waals surface area contributed by atoms with E-state index in [0.717, 1.165) is 11.0 Å². The van der Waals surface area contributed by atoms with E-state index in [1.807, 2.05) is 24.3 Å². The van der Waals surface area contributed by atoms with Gasteiger partial charge in [0.25, 0.3) is 5.91 Å². The van der Waals surface area contributed by atoms with Crippen LogP contribution in [-0.2, 0) is 6.54 Å². The third-order valence-electron chi connectivity index (χ3n) is 3.59. The number of benzene rings is 2. The molecule has 3 aromatic rings. The average molecular weight is 339 g/mol. The Kier molecular flexibility index (Phi) is 4.60. The van der Waals surface area contributed by atoms with Crippen molar-refractivity contribution in [1.29, 1.82) is 0 Å². The fourth-order valence-corrected chi connectivity index (χ4v) is 2.32. The molecule has 0 atom stereocenters. The maximum atomic E-state index is 12.2. The number of para-hydroxylation sites is 1. The number of phenolic OH excluding ortho intramolecular Hbond substituents is 1. The Morgan fingerprint density at radius 1 is 1.32 bits per heavy atom. The van der Waals surface area contributed by atoms with Crippen molar-refractivity contribution in [2.24, 2.45) is 5.10 Å². The first-order valence-electron chi connectivity index (χ1n) is 7.57. The highest BCUT2D eigenvalue weighted by Crippen LogP contribution is 2.26. The molecule has 0 saturated heterocycles. The molecule has 0 radical (unpaired) electrons. The maximum Gasteiger partial charge on any atom is 0.271 e. The molecule has 8 nitrogen and oxygen atoms in total. The highest BCUT2D eigenvalue weighted by molar-refractivity contribution is 5.96. The van der Waals surface area contributed by atoms with Crippen molar-refractivity contribution in [3.05, 3.63) is 48.0 Å². The van der Waals surface area contributed by atoms with Gasteiger partial charge in [0.2, 0.25) is 0 Å². The molecular formula is C17H17N5O3. The van der Waals surface area contributed by atoms with Gasteiger partial charge in [0.15, 0.2) is 11.5 Å². The molecule has 3 rings (SSSR count). The van der Waals surface area contributed by atoms with Crippen molar-refractivity contribution in [1.82, 2.24) is 20.4 Å². The molecule has 0 saturated carbocycles. The molecule has 0 aliphatic rings. The van der Waals surface area contributed by atoms with Crippen LogP contribution in [-0.4, -0.2) is 38.8 Å².